The number of hydrogen-bond acceptors (Lipinski definition) is 4. The third-order valence-corrected chi connectivity index (χ3v) is 2.87. The zero-order chi connectivity index (χ0) is 12.7. The number of likely N-dealkylation sites (N-methyl/N-ethyl adjacent to an activating group) is 1. The Labute approximate surface area is 104 Å². The molecule has 2 N–H and O–H groups in total. The van der Waals surface area contributed by atoms with Crippen molar-refractivity contribution in [1.82, 2.24) is 9.88 Å². The largest absolute Gasteiger partial charge is 0.395 e. The summed E-state index contributed by atoms with van der Waals surface area (Å²) in [5.74, 6) is 0.950. The van der Waals surface area contributed by atoms with Crippen LogP contribution in [0.4, 0.5) is 5.82 Å². The molecule has 0 aliphatic rings. The van der Waals surface area contributed by atoms with Crippen molar-refractivity contribution in [3.63, 3.8) is 0 Å². The molecule has 0 aliphatic heterocycles. The van der Waals surface area contributed by atoms with Crippen LogP contribution in [0.1, 0.15) is 25.8 Å². The molecule has 0 aromatic carbocycles. The van der Waals surface area contributed by atoms with Gasteiger partial charge in [-0.1, -0.05) is 13.0 Å². The van der Waals surface area contributed by atoms with Crippen molar-refractivity contribution in [2.75, 3.05) is 25.5 Å². The second kappa shape index (κ2) is 7.25. The molecule has 0 fully saturated rings. The van der Waals surface area contributed by atoms with Crippen molar-refractivity contribution < 1.29 is 5.11 Å². The highest BCUT2D eigenvalue weighted by molar-refractivity contribution is 5.43. The maximum atomic E-state index is 9.12. The Morgan fingerprint density at radius 1 is 1.53 bits per heavy atom. The maximum absolute atomic E-state index is 9.12. The van der Waals surface area contributed by atoms with Crippen LogP contribution in [0.2, 0.25) is 0 Å². The van der Waals surface area contributed by atoms with E-state index in [0.29, 0.717) is 0 Å². The van der Waals surface area contributed by atoms with Gasteiger partial charge in [-0.25, -0.2) is 4.98 Å². The maximum Gasteiger partial charge on any atom is 0.130 e. The molecule has 0 bridgehead atoms. The van der Waals surface area contributed by atoms with E-state index in [2.05, 4.69) is 28.2 Å². The molecule has 0 aliphatic carbocycles. The highest BCUT2D eigenvalue weighted by atomic mass is 16.3. The Kier molecular flexibility index (Phi) is 5.94. The number of anilines is 1. The van der Waals surface area contributed by atoms with Gasteiger partial charge in [0.05, 0.1) is 6.61 Å². The van der Waals surface area contributed by atoms with E-state index in [1.807, 2.05) is 20.0 Å². The van der Waals surface area contributed by atoms with E-state index < -0.39 is 0 Å². The third-order valence-electron chi connectivity index (χ3n) is 2.87. The predicted octanol–water partition coefficient (Wildman–Crippen LogP) is 1.72. The molecule has 0 saturated heterocycles. The fourth-order valence-electron chi connectivity index (χ4n) is 1.53. The Morgan fingerprint density at radius 3 is 2.94 bits per heavy atom. The van der Waals surface area contributed by atoms with Gasteiger partial charge < -0.3 is 10.4 Å². The zero-order valence-electron chi connectivity index (χ0n) is 11.0. The molecule has 0 saturated carbocycles. The lowest BCUT2D eigenvalue weighted by molar-refractivity contribution is 0.154. The molecule has 0 radical (unpaired) electrons. The first kappa shape index (κ1) is 13.9. The topological polar surface area (TPSA) is 48.4 Å². The number of hydrogen-bond donors (Lipinski definition) is 2. The summed E-state index contributed by atoms with van der Waals surface area (Å²) >= 11 is 0. The number of aliphatic hydroxyl groups excluding tert-OH is 1. The fraction of sp³-hybridized carbons (Fsp3) is 0.615. The lowest BCUT2D eigenvalue weighted by Crippen LogP contribution is -2.31. The first-order chi connectivity index (χ1) is 8.19. The van der Waals surface area contributed by atoms with Crippen LogP contribution in [-0.2, 0) is 6.54 Å². The fourth-order valence-corrected chi connectivity index (χ4v) is 1.53. The minimum Gasteiger partial charge on any atom is -0.395 e. The molecule has 0 amide bonds. The lowest BCUT2D eigenvalue weighted by Gasteiger charge is -2.23. The molecule has 1 unspecified atom stereocenters. The number of nitrogens with one attached hydrogen (secondary N) is 1. The second-order valence-electron chi connectivity index (χ2n) is 4.38. The van der Waals surface area contributed by atoms with E-state index >= 15 is 0 Å². The van der Waals surface area contributed by atoms with Crippen molar-refractivity contribution in [3.8, 4) is 0 Å². The Bertz CT molecular complexity index is 330. The predicted molar refractivity (Wildman–Crippen MR) is 71.0 cm³/mol. The molecule has 0 spiro atoms. The Balaban J connectivity index is 2.68. The minimum atomic E-state index is 0.161. The number of rotatable bonds is 7. The Hall–Kier alpha value is -1.13. The van der Waals surface area contributed by atoms with Crippen LogP contribution < -0.4 is 5.32 Å². The van der Waals surface area contributed by atoms with Crippen LogP contribution in [-0.4, -0.2) is 41.2 Å². The van der Waals surface area contributed by atoms with Crippen LogP contribution in [0.25, 0.3) is 0 Å². The number of pyridine rings is 1. The number of nitrogens with zero attached hydrogens (tertiary/aromatic N) is 2. The summed E-state index contributed by atoms with van der Waals surface area (Å²) in [4.78, 5) is 6.47. The molecule has 17 heavy (non-hydrogen) atoms. The number of aliphatic hydroxyl groups is 1. The minimum absolute atomic E-state index is 0.161. The summed E-state index contributed by atoms with van der Waals surface area (Å²) in [6.07, 6.45) is 2.88. The summed E-state index contributed by atoms with van der Waals surface area (Å²) < 4.78 is 0. The van der Waals surface area contributed by atoms with Crippen molar-refractivity contribution in [3.05, 3.63) is 23.9 Å². The van der Waals surface area contributed by atoms with Crippen molar-refractivity contribution in [2.24, 2.45) is 0 Å². The lowest BCUT2D eigenvalue weighted by atomic mass is 10.2. The van der Waals surface area contributed by atoms with Crippen LogP contribution in [0.5, 0.6) is 0 Å². The summed E-state index contributed by atoms with van der Waals surface area (Å²) in [5.41, 5.74) is 1.17. The molecule has 1 rings (SSSR count). The molecule has 1 aromatic rings. The molecule has 4 heteroatoms. The van der Waals surface area contributed by atoms with Crippen LogP contribution in [0.15, 0.2) is 18.3 Å². The quantitative estimate of drug-likeness (QED) is 0.758. The van der Waals surface area contributed by atoms with Gasteiger partial charge in [0.15, 0.2) is 0 Å². The Morgan fingerprint density at radius 2 is 2.29 bits per heavy atom. The monoisotopic (exact) mass is 237 g/mol. The van der Waals surface area contributed by atoms with Gasteiger partial charge >= 0.3 is 0 Å². The zero-order valence-corrected chi connectivity index (χ0v) is 11.0. The number of aromatic nitrogens is 1. The molecular weight excluding hydrogens is 214 g/mol. The van der Waals surface area contributed by atoms with E-state index in [9.17, 15) is 0 Å². The van der Waals surface area contributed by atoms with Crippen molar-refractivity contribution in [1.29, 1.82) is 0 Å². The molecule has 1 atom stereocenters. The van der Waals surface area contributed by atoms with Crippen molar-refractivity contribution in [2.45, 2.75) is 32.9 Å². The standard InChI is InChI=1S/C13H23N3O/c1-4-7-14-13-12(6-5-8-15-13)9-16(3)11(2)10-17/h5-6,8,11,17H,4,7,9-10H2,1-3H3,(H,14,15). The van der Waals surface area contributed by atoms with E-state index in [1.165, 1.54) is 5.56 Å². The highest BCUT2D eigenvalue weighted by Gasteiger charge is 2.10. The van der Waals surface area contributed by atoms with Gasteiger partial charge in [-0.15, -0.1) is 0 Å². The molecule has 96 valence electrons. The molecule has 1 heterocycles. The van der Waals surface area contributed by atoms with Crippen molar-refractivity contribution >= 4 is 5.82 Å². The van der Waals surface area contributed by atoms with Crippen LogP contribution >= 0.6 is 0 Å². The van der Waals surface area contributed by atoms with E-state index in [1.54, 1.807) is 6.20 Å². The van der Waals surface area contributed by atoms with Crippen LogP contribution in [0, 0.1) is 0 Å². The molecule has 4 nitrogen and oxygen atoms in total. The van der Waals surface area contributed by atoms with Gasteiger partial charge in [-0.05, 0) is 26.5 Å². The van der Waals surface area contributed by atoms with Gasteiger partial charge in [-0.3, -0.25) is 4.90 Å². The SMILES string of the molecule is CCCNc1ncccc1CN(C)C(C)CO. The highest BCUT2D eigenvalue weighted by Crippen LogP contribution is 2.14. The van der Waals surface area contributed by atoms with Gasteiger partial charge in [0.25, 0.3) is 0 Å². The summed E-state index contributed by atoms with van der Waals surface area (Å²) in [6, 6.07) is 4.18. The smallest absolute Gasteiger partial charge is 0.130 e. The summed E-state index contributed by atoms with van der Waals surface area (Å²) in [6.45, 7) is 6.05. The van der Waals surface area contributed by atoms with Gasteiger partial charge in [0.2, 0.25) is 0 Å². The average Bonchev–Trinajstić information content (AvgIpc) is 2.36. The summed E-state index contributed by atoms with van der Waals surface area (Å²) in [7, 11) is 2.01. The summed E-state index contributed by atoms with van der Waals surface area (Å²) in [5, 5.41) is 12.4. The first-order valence-corrected chi connectivity index (χ1v) is 6.17. The van der Waals surface area contributed by atoms with Gasteiger partial charge in [-0.2, -0.15) is 0 Å². The van der Waals surface area contributed by atoms with E-state index in [-0.39, 0.29) is 12.6 Å². The van der Waals surface area contributed by atoms with Gasteiger partial charge in [0.1, 0.15) is 5.82 Å². The van der Waals surface area contributed by atoms with E-state index in [0.717, 1.165) is 25.3 Å². The van der Waals surface area contributed by atoms with E-state index in [4.69, 9.17) is 5.11 Å². The molecular formula is C13H23N3O. The van der Waals surface area contributed by atoms with Gasteiger partial charge in [0, 0.05) is 30.9 Å². The van der Waals surface area contributed by atoms with Crippen LogP contribution in [0.3, 0.4) is 0 Å². The first-order valence-electron chi connectivity index (χ1n) is 6.17. The third kappa shape index (κ3) is 4.32. The second-order valence-corrected chi connectivity index (χ2v) is 4.38. The normalized spacial score (nSPS) is 12.8. The molecule has 1 aromatic heterocycles. The average molecular weight is 237 g/mol.